The summed E-state index contributed by atoms with van der Waals surface area (Å²) < 4.78 is 0. The van der Waals surface area contributed by atoms with Crippen molar-refractivity contribution in [1.29, 1.82) is 5.26 Å². The molecule has 0 saturated heterocycles. The number of nitriles is 1. The summed E-state index contributed by atoms with van der Waals surface area (Å²) in [5, 5.41) is 13.5. The van der Waals surface area contributed by atoms with E-state index in [-0.39, 0.29) is 0 Å². The maximum Gasteiger partial charge on any atom is 0.160 e. The molecule has 1 saturated carbocycles. The topological polar surface area (TPSA) is 74.5 Å². The van der Waals surface area contributed by atoms with Crippen molar-refractivity contribution in [3.63, 3.8) is 0 Å². The van der Waals surface area contributed by atoms with E-state index in [0.29, 0.717) is 27.0 Å². The van der Waals surface area contributed by atoms with E-state index in [9.17, 15) is 5.26 Å². The van der Waals surface area contributed by atoms with Crippen LogP contribution in [-0.2, 0) is 5.41 Å². The fraction of sp³-hybridized carbons (Fsp3) is 0.176. The Morgan fingerprint density at radius 3 is 2.67 bits per heavy atom. The summed E-state index contributed by atoms with van der Waals surface area (Å²) in [4.78, 5) is 12.7. The minimum absolute atomic E-state index is 0.374. The van der Waals surface area contributed by atoms with Gasteiger partial charge in [0.2, 0.25) is 0 Å². The van der Waals surface area contributed by atoms with Gasteiger partial charge in [0, 0.05) is 10.7 Å². The zero-order chi connectivity index (χ0) is 16.7. The van der Waals surface area contributed by atoms with Gasteiger partial charge in [-0.25, -0.2) is 15.0 Å². The molecule has 1 N–H and O–H groups in total. The summed E-state index contributed by atoms with van der Waals surface area (Å²) in [5.41, 5.74) is 2.51. The number of pyridine rings is 1. The van der Waals surface area contributed by atoms with Crippen LogP contribution in [0.15, 0.2) is 36.7 Å². The van der Waals surface area contributed by atoms with Gasteiger partial charge >= 0.3 is 0 Å². The van der Waals surface area contributed by atoms with Gasteiger partial charge in [-0.1, -0.05) is 29.3 Å². The van der Waals surface area contributed by atoms with Crippen LogP contribution in [0.5, 0.6) is 0 Å². The molecule has 7 heteroatoms. The van der Waals surface area contributed by atoms with Gasteiger partial charge in [0.05, 0.1) is 17.0 Å². The summed E-state index contributed by atoms with van der Waals surface area (Å²) in [6.45, 7) is 0. The first-order valence-corrected chi connectivity index (χ1v) is 8.12. The van der Waals surface area contributed by atoms with Crippen molar-refractivity contribution < 1.29 is 0 Å². The molecule has 0 bridgehead atoms. The first-order chi connectivity index (χ1) is 11.6. The number of anilines is 2. The lowest BCUT2D eigenvalue weighted by atomic mass is 9.97. The molecule has 5 nitrogen and oxygen atoms in total. The first kappa shape index (κ1) is 15.1. The highest BCUT2D eigenvalue weighted by Gasteiger charge is 2.46. The molecule has 0 radical (unpaired) electrons. The van der Waals surface area contributed by atoms with Crippen LogP contribution in [0, 0.1) is 11.3 Å². The molecule has 0 aliphatic heterocycles. The molecule has 2 heterocycles. The minimum Gasteiger partial charge on any atom is -0.338 e. The molecule has 0 atom stereocenters. The highest BCUT2D eigenvalue weighted by Crippen LogP contribution is 2.50. The Morgan fingerprint density at radius 1 is 1.12 bits per heavy atom. The predicted molar refractivity (Wildman–Crippen MR) is 93.6 cm³/mol. The van der Waals surface area contributed by atoms with Crippen LogP contribution in [0.25, 0.3) is 11.0 Å². The van der Waals surface area contributed by atoms with Crippen molar-refractivity contribution in [2.75, 3.05) is 5.32 Å². The van der Waals surface area contributed by atoms with E-state index in [0.717, 1.165) is 24.1 Å². The lowest BCUT2D eigenvalue weighted by Crippen LogP contribution is -2.04. The number of benzene rings is 1. The second kappa shape index (κ2) is 5.59. The van der Waals surface area contributed by atoms with Crippen molar-refractivity contribution in [3.8, 4) is 6.07 Å². The smallest absolute Gasteiger partial charge is 0.160 e. The zero-order valence-corrected chi connectivity index (χ0v) is 13.9. The number of nitrogens with one attached hydrogen (secondary N) is 1. The number of fused-ring (bicyclic) bond motifs is 1. The van der Waals surface area contributed by atoms with Gasteiger partial charge in [-0.3, -0.25) is 0 Å². The van der Waals surface area contributed by atoms with E-state index in [2.05, 4.69) is 26.3 Å². The normalized spacial score (nSPS) is 15.0. The van der Waals surface area contributed by atoms with Crippen LogP contribution < -0.4 is 5.32 Å². The lowest BCUT2D eigenvalue weighted by molar-refractivity contribution is 0.909. The van der Waals surface area contributed by atoms with Crippen LogP contribution in [0.3, 0.4) is 0 Å². The van der Waals surface area contributed by atoms with Gasteiger partial charge in [0.25, 0.3) is 0 Å². The molecule has 1 aromatic carbocycles. The molecule has 2 aromatic heterocycles. The summed E-state index contributed by atoms with van der Waals surface area (Å²) in [5.74, 6) is 0.549. The van der Waals surface area contributed by atoms with Gasteiger partial charge in [0.15, 0.2) is 5.82 Å². The Kier molecular flexibility index (Phi) is 3.52. The largest absolute Gasteiger partial charge is 0.338 e. The Bertz CT molecular complexity index is 992. The highest BCUT2D eigenvalue weighted by molar-refractivity contribution is 6.32. The zero-order valence-electron chi connectivity index (χ0n) is 12.4. The molecule has 0 amide bonds. The Labute approximate surface area is 148 Å². The van der Waals surface area contributed by atoms with E-state index in [1.165, 1.54) is 6.33 Å². The Morgan fingerprint density at radius 2 is 1.96 bits per heavy atom. The van der Waals surface area contributed by atoms with Crippen molar-refractivity contribution in [3.05, 3.63) is 52.4 Å². The van der Waals surface area contributed by atoms with Gasteiger partial charge in [-0.2, -0.15) is 5.26 Å². The number of hydrogen-bond donors (Lipinski definition) is 1. The standard InChI is InChI=1S/C17H11Cl2N5/c18-12-7-10(1-2-11(12)17(8-20)5-6-17)23-16-15-13(21-9-22-16)3-4-14(19)24-15/h1-4,7,9H,5-6H2,(H,21,22,23). The molecule has 1 aliphatic rings. The van der Waals surface area contributed by atoms with E-state index in [1.54, 1.807) is 18.2 Å². The summed E-state index contributed by atoms with van der Waals surface area (Å²) >= 11 is 12.3. The number of hydrogen-bond acceptors (Lipinski definition) is 5. The molecule has 3 aromatic rings. The Hall–Kier alpha value is -2.42. The molecule has 118 valence electrons. The second-order valence-electron chi connectivity index (χ2n) is 5.74. The first-order valence-electron chi connectivity index (χ1n) is 7.37. The van der Waals surface area contributed by atoms with Crippen LogP contribution >= 0.6 is 23.2 Å². The number of rotatable bonds is 3. The van der Waals surface area contributed by atoms with Crippen molar-refractivity contribution in [2.24, 2.45) is 0 Å². The molecule has 1 aliphatic carbocycles. The second-order valence-corrected chi connectivity index (χ2v) is 6.53. The monoisotopic (exact) mass is 355 g/mol. The predicted octanol–water partition coefficient (Wildman–Crippen LogP) is 4.63. The SMILES string of the molecule is N#CC1(c2ccc(Nc3ncnc4ccc(Cl)nc34)cc2Cl)CC1. The maximum atomic E-state index is 9.32. The number of nitrogens with zero attached hydrogens (tertiary/aromatic N) is 4. The third-order valence-corrected chi connectivity index (χ3v) is 4.68. The van der Waals surface area contributed by atoms with Crippen LogP contribution in [-0.4, -0.2) is 15.0 Å². The van der Waals surface area contributed by atoms with E-state index in [4.69, 9.17) is 23.2 Å². The van der Waals surface area contributed by atoms with Crippen LogP contribution in [0.4, 0.5) is 11.5 Å². The van der Waals surface area contributed by atoms with Crippen molar-refractivity contribution >= 4 is 45.7 Å². The number of aromatic nitrogens is 3. The van der Waals surface area contributed by atoms with E-state index < -0.39 is 5.41 Å². The Balaban J connectivity index is 1.71. The van der Waals surface area contributed by atoms with Gasteiger partial charge < -0.3 is 5.32 Å². The lowest BCUT2D eigenvalue weighted by Gasteiger charge is -2.12. The van der Waals surface area contributed by atoms with Gasteiger partial charge in [-0.05, 0) is 42.7 Å². The molecule has 0 spiro atoms. The van der Waals surface area contributed by atoms with E-state index >= 15 is 0 Å². The molecule has 1 fully saturated rings. The average molecular weight is 356 g/mol. The molecule has 4 rings (SSSR count). The van der Waals surface area contributed by atoms with Crippen LogP contribution in [0.2, 0.25) is 10.2 Å². The highest BCUT2D eigenvalue weighted by atomic mass is 35.5. The van der Waals surface area contributed by atoms with E-state index in [1.807, 2.05) is 12.1 Å². The van der Waals surface area contributed by atoms with Gasteiger partial charge in [-0.15, -0.1) is 0 Å². The maximum absolute atomic E-state index is 9.32. The fourth-order valence-electron chi connectivity index (χ4n) is 2.69. The summed E-state index contributed by atoms with van der Waals surface area (Å²) in [6.07, 6.45) is 3.18. The summed E-state index contributed by atoms with van der Waals surface area (Å²) in [6, 6.07) is 11.4. The fourth-order valence-corrected chi connectivity index (χ4v) is 3.20. The third kappa shape index (κ3) is 2.54. The molecule has 0 unspecified atom stereocenters. The third-order valence-electron chi connectivity index (χ3n) is 4.16. The van der Waals surface area contributed by atoms with Crippen molar-refractivity contribution in [1.82, 2.24) is 15.0 Å². The van der Waals surface area contributed by atoms with Gasteiger partial charge in [0.1, 0.15) is 17.0 Å². The van der Waals surface area contributed by atoms with Crippen molar-refractivity contribution in [2.45, 2.75) is 18.3 Å². The number of halogens is 2. The average Bonchev–Trinajstić information content (AvgIpc) is 3.36. The summed E-state index contributed by atoms with van der Waals surface area (Å²) in [7, 11) is 0. The molecular weight excluding hydrogens is 345 g/mol. The quantitative estimate of drug-likeness (QED) is 0.693. The molecule has 24 heavy (non-hydrogen) atoms. The molecular formula is C17H11Cl2N5. The minimum atomic E-state index is -0.410. The van der Waals surface area contributed by atoms with Crippen LogP contribution in [0.1, 0.15) is 18.4 Å².